The van der Waals surface area contributed by atoms with Crippen molar-refractivity contribution in [2.45, 2.75) is 32.2 Å². The van der Waals surface area contributed by atoms with Crippen LogP contribution in [-0.2, 0) is 4.79 Å². The van der Waals surface area contributed by atoms with Crippen LogP contribution in [-0.4, -0.2) is 28.6 Å². The summed E-state index contributed by atoms with van der Waals surface area (Å²) in [4.78, 5) is 19.3. The fourth-order valence-corrected chi connectivity index (χ4v) is 3.92. The average molecular weight is 365 g/mol. The number of likely N-dealkylation sites (tertiary alicyclic amines) is 1. The number of benzene rings is 1. The number of halogens is 1. The molecule has 110 valence electrons. The van der Waals surface area contributed by atoms with Gasteiger partial charge in [-0.15, -0.1) is 0 Å². The van der Waals surface area contributed by atoms with Gasteiger partial charge in [0.15, 0.2) is 5.17 Å². The van der Waals surface area contributed by atoms with E-state index in [1.807, 2.05) is 30.3 Å². The van der Waals surface area contributed by atoms with Gasteiger partial charge in [-0.3, -0.25) is 4.79 Å². The molecule has 0 aromatic heterocycles. The molecule has 21 heavy (non-hydrogen) atoms. The summed E-state index contributed by atoms with van der Waals surface area (Å²) in [7, 11) is 0. The molecule has 3 nitrogen and oxygen atoms in total. The van der Waals surface area contributed by atoms with Gasteiger partial charge >= 0.3 is 0 Å². The normalized spacial score (nSPS) is 24.6. The van der Waals surface area contributed by atoms with E-state index in [0.717, 1.165) is 21.7 Å². The Bertz CT molecular complexity index is 609. The fraction of sp³-hybridized carbons (Fsp3) is 0.375. The van der Waals surface area contributed by atoms with Crippen molar-refractivity contribution >= 4 is 44.8 Å². The molecule has 0 spiro atoms. The summed E-state index contributed by atoms with van der Waals surface area (Å²) in [6.45, 7) is 3.22. The Morgan fingerprint density at radius 1 is 1.33 bits per heavy atom. The number of amides is 1. The van der Waals surface area contributed by atoms with Gasteiger partial charge in [-0.05, 0) is 61.7 Å². The number of carbonyl (C=O) groups excluding carboxylic acids is 1. The van der Waals surface area contributed by atoms with Crippen molar-refractivity contribution in [3.05, 3.63) is 39.2 Å². The number of amidine groups is 1. The smallest absolute Gasteiger partial charge is 0.286 e. The number of rotatable bonds is 1. The minimum absolute atomic E-state index is 0.115. The minimum Gasteiger partial charge on any atom is -0.348 e. The van der Waals surface area contributed by atoms with Crippen LogP contribution in [0, 0.1) is 0 Å². The topological polar surface area (TPSA) is 32.7 Å². The van der Waals surface area contributed by atoms with Crippen LogP contribution in [0.15, 0.2) is 38.6 Å². The lowest BCUT2D eigenvalue weighted by Gasteiger charge is -2.34. The molecule has 0 saturated carbocycles. The average Bonchev–Trinajstić information content (AvgIpc) is 2.83. The lowest BCUT2D eigenvalue weighted by Crippen LogP contribution is -2.40. The lowest BCUT2D eigenvalue weighted by atomic mass is 10.1. The number of thioether (sulfide) groups is 1. The summed E-state index contributed by atoms with van der Waals surface area (Å²) in [5.41, 5.74) is 1.03. The maximum Gasteiger partial charge on any atom is 0.286 e. The third-order valence-corrected chi connectivity index (χ3v) is 5.38. The first-order valence-corrected chi connectivity index (χ1v) is 8.79. The highest BCUT2D eigenvalue weighted by molar-refractivity contribution is 9.10. The van der Waals surface area contributed by atoms with E-state index in [0.29, 0.717) is 10.9 Å². The molecule has 1 aromatic carbocycles. The number of aliphatic imine (C=N–C) groups is 1. The Labute approximate surface area is 137 Å². The van der Waals surface area contributed by atoms with Gasteiger partial charge in [-0.2, -0.15) is 4.99 Å². The molecule has 1 saturated heterocycles. The second kappa shape index (κ2) is 6.36. The Kier molecular flexibility index (Phi) is 4.50. The summed E-state index contributed by atoms with van der Waals surface area (Å²) in [6.07, 6.45) is 5.55. The van der Waals surface area contributed by atoms with Gasteiger partial charge in [0.05, 0.1) is 4.91 Å². The molecular formula is C16H17BrN2OS. The molecule has 2 aliphatic heterocycles. The second-order valence-corrected chi connectivity index (χ2v) is 7.32. The highest BCUT2D eigenvalue weighted by Gasteiger charge is 2.29. The maximum atomic E-state index is 12.1. The summed E-state index contributed by atoms with van der Waals surface area (Å²) >= 11 is 4.92. The molecule has 3 rings (SSSR count). The Morgan fingerprint density at radius 3 is 2.81 bits per heavy atom. The predicted octanol–water partition coefficient (Wildman–Crippen LogP) is 4.29. The third-order valence-electron chi connectivity index (χ3n) is 3.83. The van der Waals surface area contributed by atoms with Gasteiger partial charge < -0.3 is 4.90 Å². The Morgan fingerprint density at radius 2 is 2.10 bits per heavy atom. The first-order valence-electron chi connectivity index (χ1n) is 7.18. The van der Waals surface area contributed by atoms with Crippen molar-refractivity contribution in [2.75, 3.05) is 6.54 Å². The van der Waals surface area contributed by atoms with Crippen LogP contribution >= 0.6 is 27.7 Å². The van der Waals surface area contributed by atoms with Crippen LogP contribution in [0.3, 0.4) is 0 Å². The molecular weight excluding hydrogens is 348 g/mol. The molecule has 0 radical (unpaired) electrons. The van der Waals surface area contributed by atoms with E-state index in [1.165, 1.54) is 31.0 Å². The van der Waals surface area contributed by atoms with Crippen molar-refractivity contribution in [3.8, 4) is 0 Å². The van der Waals surface area contributed by atoms with E-state index in [4.69, 9.17) is 0 Å². The van der Waals surface area contributed by atoms with Gasteiger partial charge in [0.25, 0.3) is 5.91 Å². The van der Waals surface area contributed by atoms with Crippen LogP contribution in [0.5, 0.6) is 0 Å². The van der Waals surface area contributed by atoms with E-state index in [9.17, 15) is 4.79 Å². The van der Waals surface area contributed by atoms with Crippen LogP contribution in [0.25, 0.3) is 6.08 Å². The molecule has 0 unspecified atom stereocenters. The first kappa shape index (κ1) is 14.9. The van der Waals surface area contributed by atoms with Crippen molar-refractivity contribution in [2.24, 2.45) is 4.99 Å². The van der Waals surface area contributed by atoms with E-state index in [1.54, 1.807) is 0 Å². The van der Waals surface area contributed by atoms with E-state index >= 15 is 0 Å². The van der Waals surface area contributed by atoms with Crippen molar-refractivity contribution in [1.82, 2.24) is 4.90 Å². The number of hydrogen-bond donors (Lipinski definition) is 0. The number of nitrogens with zero attached hydrogens (tertiary/aromatic N) is 2. The first-order chi connectivity index (χ1) is 10.1. The Hall–Kier alpha value is -1.07. The van der Waals surface area contributed by atoms with Crippen LogP contribution in [0.1, 0.15) is 31.7 Å². The van der Waals surface area contributed by atoms with Crippen LogP contribution in [0.2, 0.25) is 0 Å². The third kappa shape index (κ3) is 3.40. The van der Waals surface area contributed by atoms with Gasteiger partial charge in [-0.1, -0.05) is 28.1 Å². The molecule has 1 amide bonds. The SMILES string of the molecule is C[C@@H]1CCCCN1C1=NC(=O)/C(=C\c2ccc(Br)cc2)S1. The number of piperidine rings is 1. The standard InChI is InChI=1S/C16H17BrN2OS/c1-11-4-2-3-9-19(11)16-18-15(20)14(21-16)10-12-5-7-13(17)8-6-12/h5-8,10-11H,2-4,9H2,1H3/b14-10+/t11-/m1/s1. The molecule has 2 aliphatic rings. The minimum atomic E-state index is -0.115. The largest absolute Gasteiger partial charge is 0.348 e. The van der Waals surface area contributed by atoms with Crippen molar-refractivity contribution in [1.29, 1.82) is 0 Å². The van der Waals surface area contributed by atoms with Crippen LogP contribution < -0.4 is 0 Å². The second-order valence-electron chi connectivity index (χ2n) is 5.40. The highest BCUT2D eigenvalue weighted by Crippen LogP contribution is 2.33. The fourth-order valence-electron chi connectivity index (χ4n) is 2.61. The van der Waals surface area contributed by atoms with Gasteiger partial charge in [-0.25, -0.2) is 0 Å². The number of hydrogen-bond acceptors (Lipinski definition) is 3. The zero-order valence-corrected chi connectivity index (χ0v) is 14.3. The van der Waals surface area contributed by atoms with E-state index in [-0.39, 0.29) is 5.91 Å². The maximum absolute atomic E-state index is 12.1. The van der Waals surface area contributed by atoms with Gasteiger partial charge in [0, 0.05) is 17.1 Å². The summed E-state index contributed by atoms with van der Waals surface area (Å²) in [5.74, 6) is -0.115. The van der Waals surface area contributed by atoms with Crippen molar-refractivity contribution in [3.63, 3.8) is 0 Å². The molecule has 0 aliphatic carbocycles. The number of carbonyl (C=O) groups is 1. The van der Waals surface area contributed by atoms with Gasteiger partial charge in [0.1, 0.15) is 0 Å². The van der Waals surface area contributed by atoms with Gasteiger partial charge in [0.2, 0.25) is 0 Å². The molecule has 1 fully saturated rings. The summed E-state index contributed by atoms with van der Waals surface area (Å²) in [5, 5.41) is 0.871. The zero-order valence-electron chi connectivity index (χ0n) is 11.9. The zero-order chi connectivity index (χ0) is 14.8. The van der Waals surface area contributed by atoms with E-state index in [2.05, 4.69) is 32.7 Å². The Balaban J connectivity index is 1.76. The van der Waals surface area contributed by atoms with Crippen LogP contribution in [0.4, 0.5) is 0 Å². The predicted molar refractivity (Wildman–Crippen MR) is 92.2 cm³/mol. The van der Waals surface area contributed by atoms with Crippen molar-refractivity contribution < 1.29 is 4.79 Å². The molecule has 2 heterocycles. The molecule has 5 heteroatoms. The highest BCUT2D eigenvalue weighted by atomic mass is 79.9. The quantitative estimate of drug-likeness (QED) is 0.696. The molecule has 0 N–H and O–H groups in total. The molecule has 0 bridgehead atoms. The molecule has 1 atom stereocenters. The van der Waals surface area contributed by atoms with E-state index < -0.39 is 0 Å². The lowest BCUT2D eigenvalue weighted by molar-refractivity contribution is -0.113. The summed E-state index contributed by atoms with van der Waals surface area (Å²) in [6, 6.07) is 8.42. The summed E-state index contributed by atoms with van der Waals surface area (Å²) < 4.78 is 1.04. The monoisotopic (exact) mass is 364 g/mol. The molecule has 1 aromatic rings.